The Morgan fingerprint density at radius 1 is 0.952 bits per heavy atom. The molecule has 0 heterocycles. The lowest BCUT2D eigenvalue weighted by Crippen LogP contribution is -1.87. The molecule has 0 aliphatic rings. The Labute approximate surface area is 123 Å². The summed E-state index contributed by atoms with van der Waals surface area (Å²) in [7, 11) is 0. The van der Waals surface area contributed by atoms with Crippen LogP contribution in [-0.4, -0.2) is 6.08 Å². The topological polar surface area (TPSA) is 29.4 Å². The molecule has 0 unspecified atom stereocenters. The van der Waals surface area contributed by atoms with E-state index in [2.05, 4.69) is 42.2 Å². The van der Waals surface area contributed by atoms with Crippen LogP contribution in [0.5, 0.6) is 0 Å². The van der Waals surface area contributed by atoms with Gasteiger partial charge in [0.2, 0.25) is 6.08 Å². The Bertz CT molecular complexity index is 831. The Morgan fingerprint density at radius 2 is 1.76 bits per heavy atom. The minimum atomic E-state index is 0.692. The van der Waals surface area contributed by atoms with E-state index in [1.165, 1.54) is 5.56 Å². The first-order chi connectivity index (χ1) is 10.3. The zero-order chi connectivity index (χ0) is 14.7. The van der Waals surface area contributed by atoms with Crippen molar-refractivity contribution in [1.29, 1.82) is 0 Å². The van der Waals surface area contributed by atoms with Gasteiger partial charge in [0.05, 0.1) is 5.69 Å². The van der Waals surface area contributed by atoms with Crippen molar-refractivity contribution in [3.8, 4) is 11.1 Å². The second-order valence-corrected chi connectivity index (χ2v) is 4.89. The quantitative estimate of drug-likeness (QED) is 0.485. The molecule has 21 heavy (non-hydrogen) atoms. The number of nitrogens with zero attached hydrogens (tertiary/aromatic N) is 1. The van der Waals surface area contributed by atoms with Crippen LogP contribution in [-0.2, 0) is 11.2 Å². The molecule has 0 aromatic heterocycles. The van der Waals surface area contributed by atoms with Crippen molar-refractivity contribution in [3.05, 3.63) is 66.2 Å². The van der Waals surface area contributed by atoms with Crippen molar-refractivity contribution < 1.29 is 4.79 Å². The molecule has 102 valence electrons. The van der Waals surface area contributed by atoms with Crippen molar-refractivity contribution in [2.24, 2.45) is 4.99 Å². The molecule has 3 aromatic rings. The van der Waals surface area contributed by atoms with Crippen LogP contribution in [0.15, 0.2) is 65.7 Å². The maximum Gasteiger partial charge on any atom is 0.240 e. The van der Waals surface area contributed by atoms with Crippen LogP contribution in [0.2, 0.25) is 0 Å². The number of aliphatic imine (C=N–C) groups is 1. The molecule has 2 nitrogen and oxygen atoms in total. The van der Waals surface area contributed by atoms with Crippen molar-refractivity contribution in [2.75, 3.05) is 0 Å². The predicted octanol–water partition coefficient (Wildman–Crippen LogP) is 5.04. The first kappa shape index (κ1) is 13.3. The highest BCUT2D eigenvalue weighted by atomic mass is 16.1. The number of carbonyl (C=O) groups excluding carboxylic acids is 1. The molecule has 2 heteroatoms. The summed E-state index contributed by atoms with van der Waals surface area (Å²) in [5.41, 5.74) is 4.21. The number of isocyanates is 1. The highest BCUT2D eigenvalue weighted by Crippen LogP contribution is 2.36. The number of hydrogen-bond donors (Lipinski definition) is 0. The Hall–Kier alpha value is -2.70. The third-order valence-electron chi connectivity index (χ3n) is 3.74. The van der Waals surface area contributed by atoms with E-state index < -0.39 is 0 Å². The lowest BCUT2D eigenvalue weighted by atomic mass is 9.93. The zero-order valence-electron chi connectivity index (χ0n) is 11.8. The predicted molar refractivity (Wildman–Crippen MR) is 86.5 cm³/mol. The molecule has 0 amide bonds. The SMILES string of the molecule is CCc1cccc2c(-c3ccccc3)ccc(N=C=O)c12. The summed E-state index contributed by atoms with van der Waals surface area (Å²) in [4.78, 5) is 14.6. The average molecular weight is 273 g/mol. The number of benzene rings is 3. The molecular weight excluding hydrogens is 258 g/mol. The zero-order valence-corrected chi connectivity index (χ0v) is 11.8. The number of hydrogen-bond acceptors (Lipinski definition) is 2. The standard InChI is InChI=1S/C19H15NO/c1-2-14-9-6-10-17-16(15-7-4-3-5-8-15)11-12-18(19(14)17)20-13-21/h3-12H,2H2,1H3. The lowest BCUT2D eigenvalue weighted by Gasteiger charge is -2.12. The summed E-state index contributed by atoms with van der Waals surface area (Å²) in [6.45, 7) is 2.11. The van der Waals surface area contributed by atoms with Gasteiger partial charge in [-0.05, 0) is 34.6 Å². The van der Waals surface area contributed by atoms with Crippen LogP contribution in [0.4, 0.5) is 5.69 Å². The van der Waals surface area contributed by atoms with E-state index in [-0.39, 0.29) is 0 Å². The van der Waals surface area contributed by atoms with Gasteiger partial charge < -0.3 is 0 Å². The van der Waals surface area contributed by atoms with Gasteiger partial charge in [0, 0.05) is 5.39 Å². The summed E-state index contributed by atoms with van der Waals surface area (Å²) < 4.78 is 0. The van der Waals surface area contributed by atoms with E-state index in [1.54, 1.807) is 6.08 Å². The Balaban J connectivity index is 2.40. The molecule has 3 rings (SSSR count). The van der Waals surface area contributed by atoms with E-state index >= 15 is 0 Å². The van der Waals surface area contributed by atoms with Crippen LogP contribution in [0, 0.1) is 0 Å². The molecule has 0 saturated heterocycles. The van der Waals surface area contributed by atoms with Gasteiger partial charge in [-0.3, -0.25) is 0 Å². The summed E-state index contributed by atoms with van der Waals surface area (Å²) in [5.74, 6) is 0. The second kappa shape index (κ2) is 5.74. The van der Waals surface area contributed by atoms with E-state index in [1.807, 2.05) is 30.3 Å². The number of rotatable bonds is 3. The van der Waals surface area contributed by atoms with E-state index in [4.69, 9.17) is 0 Å². The van der Waals surface area contributed by atoms with Crippen LogP contribution in [0.25, 0.3) is 21.9 Å². The van der Waals surface area contributed by atoms with E-state index in [0.29, 0.717) is 5.69 Å². The largest absolute Gasteiger partial charge is 0.240 e. The molecule has 3 aromatic carbocycles. The van der Waals surface area contributed by atoms with Gasteiger partial charge in [-0.2, -0.15) is 4.99 Å². The van der Waals surface area contributed by atoms with Crippen molar-refractivity contribution >= 4 is 22.5 Å². The first-order valence-electron chi connectivity index (χ1n) is 7.03. The third kappa shape index (κ3) is 2.37. The fraction of sp³-hybridized carbons (Fsp3) is 0.105. The summed E-state index contributed by atoms with van der Waals surface area (Å²) in [6.07, 6.45) is 2.56. The first-order valence-corrected chi connectivity index (χ1v) is 7.03. The molecule has 0 saturated carbocycles. The van der Waals surface area contributed by atoms with Crippen LogP contribution in [0.1, 0.15) is 12.5 Å². The normalized spacial score (nSPS) is 10.3. The minimum absolute atomic E-state index is 0.692. The summed E-state index contributed by atoms with van der Waals surface area (Å²) in [5, 5.41) is 2.17. The molecule has 0 N–H and O–H groups in total. The van der Waals surface area contributed by atoms with Gasteiger partial charge in [0.25, 0.3) is 0 Å². The van der Waals surface area contributed by atoms with Crippen LogP contribution < -0.4 is 0 Å². The minimum Gasteiger partial charge on any atom is -0.211 e. The van der Waals surface area contributed by atoms with Gasteiger partial charge in [0.1, 0.15) is 0 Å². The highest BCUT2D eigenvalue weighted by molar-refractivity contribution is 6.04. The maximum atomic E-state index is 10.7. The van der Waals surface area contributed by atoms with Gasteiger partial charge in [-0.15, -0.1) is 0 Å². The molecular formula is C19H15NO. The van der Waals surface area contributed by atoms with Crippen LogP contribution in [0.3, 0.4) is 0 Å². The fourth-order valence-electron chi connectivity index (χ4n) is 2.77. The average Bonchev–Trinajstić information content (AvgIpc) is 2.55. The van der Waals surface area contributed by atoms with Crippen molar-refractivity contribution in [3.63, 3.8) is 0 Å². The van der Waals surface area contributed by atoms with E-state index in [9.17, 15) is 4.79 Å². The molecule has 0 bridgehead atoms. The second-order valence-electron chi connectivity index (χ2n) is 4.89. The lowest BCUT2D eigenvalue weighted by molar-refractivity contribution is 0.565. The molecule has 0 aliphatic heterocycles. The number of aryl methyl sites for hydroxylation is 1. The smallest absolute Gasteiger partial charge is 0.211 e. The number of fused-ring (bicyclic) bond motifs is 1. The Morgan fingerprint density at radius 3 is 2.48 bits per heavy atom. The van der Waals surface area contributed by atoms with Crippen molar-refractivity contribution in [2.45, 2.75) is 13.3 Å². The van der Waals surface area contributed by atoms with Gasteiger partial charge >= 0.3 is 0 Å². The van der Waals surface area contributed by atoms with E-state index in [0.717, 1.165) is 28.3 Å². The molecule has 0 aliphatic carbocycles. The van der Waals surface area contributed by atoms with Gasteiger partial charge in [-0.1, -0.05) is 61.5 Å². The molecule has 0 fully saturated rings. The summed E-state index contributed by atoms with van der Waals surface area (Å²) in [6, 6.07) is 20.4. The van der Waals surface area contributed by atoms with Gasteiger partial charge in [0.15, 0.2) is 0 Å². The summed E-state index contributed by atoms with van der Waals surface area (Å²) >= 11 is 0. The van der Waals surface area contributed by atoms with Gasteiger partial charge in [-0.25, -0.2) is 4.79 Å². The molecule has 0 spiro atoms. The molecule has 0 atom stereocenters. The maximum absolute atomic E-state index is 10.7. The molecule has 0 radical (unpaired) electrons. The monoisotopic (exact) mass is 273 g/mol. The highest BCUT2D eigenvalue weighted by Gasteiger charge is 2.10. The van der Waals surface area contributed by atoms with Crippen molar-refractivity contribution in [1.82, 2.24) is 0 Å². The third-order valence-corrected chi connectivity index (χ3v) is 3.74. The van der Waals surface area contributed by atoms with Crippen LogP contribution >= 0.6 is 0 Å². The Kier molecular flexibility index (Phi) is 3.63. The fourth-order valence-corrected chi connectivity index (χ4v) is 2.77.